The van der Waals surface area contributed by atoms with E-state index in [1.165, 1.54) is 13.5 Å². The number of methoxy groups -OCH3 is 1. The molecule has 68 valence electrons. The summed E-state index contributed by atoms with van der Waals surface area (Å²) in [6.07, 6.45) is 1.24. The van der Waals surface area contributed by atoms with Crippen LogP contribution in [0.5, 0.6) is 0 Å². The number of carbonyl (C=O) groups excluding carboxylic acids is 1. The van der Waals surface area contributed by atoms with E-state index in [-0.39, 0.29) is 5.88 Å². The predicted octanol–water partition coefficient (Wildman–Crippen LogP) is 0.584. The molecule has 4 nitrogen and oxygen atoms in total. The zero-order valence-corrected chi connectivity index (χ0v) is 7.67. The van der Waals surface area contributed by atoms with Gasteiger partial charge in [-0.05, 0) is 6.92 Å². The third kappa shape index (κ3) is 1.39. The molecule has 0 N–H and O–H groups in total. The Labute approximate surface area is 75.5 Å². The molecular formula is C7H10ClNO3. The highest BCUT2D eigenvalue weighted by Gasteiger charge is 2.44. The Morgan fingerprint density at radius 1 is 1.92 bits per heavy atom. The molecule has 1 aliphatic heterocycles. The minimum Gasteiger partial charge on any atom is -0.473 e. The lowest BCUT2D eigenvalue weighted by molar-refractivity contribution is -0.145. The quantitative estimate of drug-likeness (QED) is 0.474. The minimum absolute atomic E-state index is 0.201. The molecule has 1 aliphatic rings. The molecule has 12 heavy (non-hydrogen) atoms. The van der Waals surface area contributed by atoms with Crippen LogP contribution >= 0.6 is 11.6 Å². The fourth-order valence-electron chi connectivity index (χ4n) is 0.960. The van der Waals surface area contributed by atoms with Gasteiger partial charge in [0, 0.05) is 0 Å². The maximum absolute atomic E-state index is 11.1. The van der Waals surface area contributed by atoms with Gasteiger partial charge in [0.1, 0.15) is 0 Å². The zero-order valence-electron chi connectivity index (χ0n) is 6.91. The largest absolute Gasteiger partial charge is 0.473 e. The van der Waals surface area contributed by atoms with Gasteiger partial charge in [0.05, 0.1) is 13.0 Å². The van der Waals surface area contributed by atoms with Crippen LogP contribution in [-0.2, 0) is 14.3 Å². The lowest BCUT2D eigenvalue weighted by Crippen LogP contribution is -2.43. The minimum atomic E-state index is -0.755. The van der Waals surface area contributed by atoms with Crippen LogP contribution in [0.2, 0.25) is 0 Å². The first-order chi connectivity index (χ1) is 5.64. The van der Waals surface area contributed by atoms with Gasteiger partial charge in [-0.2, -0.15) is 0 Å². The summed E-state index contributed by atoms with van der Waals surface area (Å²) in [5.41, 5.74) is -0.755. The van der Waals surface area contributed by atoms with Crippen molar-refractivity contribution in [1.29, 1.82) is 0 Å². The van der Waals surface area contributed by atoms with Crippen molar-refractivity contribution in [2.24, 2.45) is 4.99 Å². The maximum Gasteiger partial charge on any atom is 0.334 e. The first-order valence-corrected chi connectivity index (χ1v) is 4.01. The average Bonchev–Trinajstić information content (AvgIpc) is 2.47. The topological polar surface area (TPSA) is 47.9 Å². The molecule has 0 aromatic carbocycles. The van der Waals surface area contributed by atoms with Crippen molar-refractivity contribution in [1.82, 2.24) is 0 Å². The van der Waals surface area contributed by atoms with Gasteiger partial charge < -0.3 is 9.47 Å². The van der Waals surface area contributed by atoms with Crippen molar-refractivity contribution in [2.75, 3.05) is 13.0 Å². The number of esters is 1. The first-order valence-electron chi connectivity index (χ1n) is 3.47. The molecule has 0 saturated carbocycles. The van der Waals surface area contributed by atoms with Crippen molar-refractivity contribution in [3.8, 4) is 0 Å². The molecular weight excluding hydrogens is 182 g/mol. The Morgan fingerprint density at radius 3 is 3.08 bits per heavy atom. The van der Waals surface area contributed by atoms with E-state index in [9.17, 15) is 4.79 Å². The number of ether oxygens (including phenoxy) is 2. The molecule has 0 saturated heterocycles. The average molecular weight is 192 g/mol. The van der Waals surface area contributed by atoms with Gasteiger partial charge in [-0.3, -0.25) is 0 Å². The number of halogens is 1. The van der Waals surface area contributed by atoms with Crippen molar-refractivity contribution in [2.45, 2.75) is 18.6 Å². The van der Waals surface area contributed by atoms with Crippen LogP contribution in [0.1, 0.15) is 6.92 Å². The number of alkyl halides is 1. The Balaban J connectivity index is 2.75. The summed E-state index contributed by atoms with van der Waals surface area (Å²) >= 11 is 5.63. The van der Waals surface area contributed by atoms with E-state index in [0.717, 1.165) is 0 Å². The fourth-order valence-corrected chi connectivity index (χ4v) is 1.17. The van der Waals surface area contributed by atoms with E-state index in [1.807, 2.05) is 0 Å². The van der Waals surface area contributed by atoms with E-state index < -0.39 is 17.6 Å². The van der Waals surface area contributed by atoms with Crippen molar-refractivity contribution in [3.05, 3.63) is 0 Å². The monoisotopic (exact) mass is 191 g/mol. The van der Waals surface area contributed by atoms with Crippen LogP contribution in [0.4, 0.5) is 0 Å². The molecule has 0 bridgehead atoms. The van der Waals surface area contributed by atoms with E-state index >= 15 is 0 Å². The van der Waals surface area contributed by atoms with E-state index in [1.54, 1.807) is 6.92 Å². The predicted molar refractivity (Wildman–Crippen MR) is 44.5 cm³/mol. The molecule has 0 aromatic rings. The van der Waals surface area contributed by atoms with Crippen LogP contribution < -0.4 is 0 Å². The van der Waals surface area contributed by atoms with E-state index in [0.29, 0.717) is 0 Å². The van der Waals surface area contributed by atoms with Gasteiger partial charge >= 0.3 is 5.97 Å². The SMILES string of the molecule is COC(=O)[C@H]1N=CO[C@]1(C)CCl. The van der Waals surface area contributed by atoms with E-state index in [2.05, 4.69) is 9.73 Å². The summed E-state index contributed by atoms with van der Waals surface area (Å²) in [7, 11) is 1.31. The normalized spacial score (nSPS) is 33.1. The molecule has 0 aliphatic carbocycles. The number of aliphatic imine (C=N–C) groups is 1. The van der Waals surface area contributed by atoms with Gasteiger partial charge in [0.25, 0.3) is 0 Å². The number of rotatable bonds is 2. The third-order valence-corrected chi connectivity index (χ3v) is 2.33. The highest BCUT2D eigenvalue weighted by Crippen LogP contribution is 2.25. The summed E-state index contributed by atoms with van der Waals surface area (Å²) in [4.78, 5) is 14.9. The van der Waals surface area contributed by atoms with Crippen molar-refractivity contribution in [3.63, 3.8) is 0 Å². The van der Waals surface area contributed by atoms with Crippen LogP contribution in [0.3, 0.4) is 0 Å². The summed E-state index contributed by atoms with van der Waals surface area (Å²) in [6.45, 7) is 1.72. The smallest absolute Gasteiger partial charge is 0.334 e. The van der Waals surface area contributed by atoms with Crippen molar-refractivity contribution >= 4 is 24.0 Å². The second kappa shape index (κ2) is 3.31. The molecule has 5 heteroatoms. The van der Waals surface area contributed by atoms with E-state index in [4.69, 9.17) is 16.3 Å². The number of hydrogen-bond donors (Lipinski definition) is 0. The highest BCUT2D eigenvalue weighted by molar-refractivity contribution is 6.19. The van der Waals surface area contributed by atoms with Gasteiger partial charge in [0.2, 0.25) is 0 Å². The summed E-state index contributed by atoms with van der Waals surface area (Å²) < 4.78 is 9.64. The second-order valence-electron chi connectivity index (χ2n) is 2.74. The third-order valence-electron chi connectivity index (χ3n) is 1.80. The summed E-state index contributed by atoms with van der Waals surface area (Å²) in [5.74, 6) is -0.223. The first kappa shape index (κ1) is 9.32. The lowest BCUT2D eigenvalue weighted by Gasteiger charge is -2.24. The Hall–Kier alpha value is -0.770. The summed E-state index contributed by atoms with van der Waals surface area (Å²) in [5, 5.41) is 0. The van der Waals surface area contributed by atoms with Gasteiger partial charge in [-0.15, -0.1) is 11.6 Å². The molecule has 0 aromatic heterocycles. The molecule has 2 atom stereocenters. The molecule has 0 radical (unpaired) electrons. The zero-order chi connectivity index (χ0) is 9.19. The maximum atomic E-state index is 11.1. The number of nitrogens with zero attached hydrogens (tertiary/aromatic N) is 1. The Bertz CT molecular complexity index is 219. The van der Waals surface area contributed by atoms with Crippen LogP contribution in [0, 0.1) is 0 Å². The molecule has 0 unspecified atom stereocenters. The number of carbonyl (C=O) groups is 1. The standard InChI is InChI=1S/C7H10ClNO3/c1-7(3-8)5(6(10)11-2)9-4-12-7/h4-5H,3H2,1-2H3/t5-,7-/m1/s1. The molecule has 0 spiro atoms. The molecule has 0 fully saturated rings. The highest BCUT2D eigenvalue weighted by atomic mass is 35.5. The lowest BCUT2D eigenvalue weighted by atomic mass is 10.0. The van der Waals surface area contributed by atoms with Crippen LogP contribution in [0.25, 0.3) is 0 Å². The van der Waals surface area contributed by atoms with Crippen LogP contribution in [0.15, 0.2) is 4.99 Å². The molecule has 1 rings (SSSR count). The Kier molecular flexibility index (Phi) is 2.57. The van der Waals surface area contributed by atoms with Crippen LogP contribution in [-0.4, -0.2) is 37.0 Å². The Morgan fingerprint density at radius 2 is 2.58 bits per heavy atom. The number of hydrogen-bond acceptors (Lipinski definition) is 4. The molecule has 1 heterocycles. The molecule has 0 amide bonds. The van der Waals surface area contributed by atoms with Gasteiger partial charge in [0.15, 0.2) is 18.0 Å². The van der Waals surface area contributed by atoms with Gasteiger partial charge in [-0.25, -0.2) is 9.79 Å². The van der Waals surface area contributed by atoms with Gasteiger partial charge in [-0.1, -0.05) is 0 Å². The summed E-state index contributed by atoms with van der Waals surface area (Å²) in [6, 6.07) is -0.639. The second-order valence-corrected chi connectivity index (χ2v) is 3.01. The van der Waals surface area contributed by atoms with Crippen molar-refractivity contribution < 1.29 is 14.3 Å². The fraction of sp³-hybridized carbons (Fsp3) is 0.714.